The first-order valence-electron chi connectivity index (χ1n) is 3.56. The Morgan fingerprint density at radius 2 is 2.00 bits per heavy atom. The van der Waals surface area contributed by atoms with Gasteiger partial charge in [-0.15, -0.1) is 22.7 Å². The Morgan fingerprint density at radius 3 is 2.67 bits per heavy atom. The number of hydrogen-bond acceptors (Lipinski definition) is 4. The van der Waals surface area contributed by atoms with E-state index in [0.29, 0.717) is 0 Å². The van der Waals surface area contributed by atoms with E-state index in [4.69, 9.17) is 0 Å². The van der Waals surface area contributed by atoms with Crippen LogP contribution in [-0.4, -0.2) is 9.97 Å². The van der Waals surface area contributed by atoms with E-state index in [0.717, 1.165) is 16.4 Å². The Bertz CT molecular complexity index is 278. The first-order valence-corrected chi connectivity index (χ1v) is 5.32. The molecule has 4 heteroatoms. The van der Waals surface area contributed by atoms with E-state index in [1.165, 1.54) is 0 Å². The van der Waals surface area contributed by atoms with Gasteiger partial charge in [0, 0.05) is 36.0 Å². The molecule has 0 saturated heterocycles. The standard InChI is InChI=1S/C8H7N2S2/c1(7-9-3-5-11-7)2-8-10-4-6-12-8/h1,3-6H,2H2. The fourth-order valence-electron chi connectivity index (χ4n) is 0.864. The lowest BCUT2D eigenvalue weighted by Gasteiger charge is -1.90. The fourth-order valence-corrected chi connectivity index (χ4v) is 2.01. The topological polar surface area (TPSA) is 25.8 Å². The third-order valence-electron chi connectivity index (χ3n) is 1.39. The molecular weight excluding hydrogens is 188 g/mol. The molecule has 0 aliphatic heterocycles. The molecule has 2 rings (SSSR count). The maximum absolute atomic E-state index is 4.18. The SMILES string of the molecule is [CH](Cc1nccs1)c1nccs1. The van der Waals surface area contributed by atoms with Crippen LogP contribution in [0.25, 0.3) is 0 Å². The van der Waals surface area contributed by atoms with Crippen LogP contribution in [0, 0.1) is 6.42 Å². The molecule has 0 saturated carbocycles. The molecule has 0 spiro atoms. The predicted molar refractivity (Wildman–Crippen MR) is 51.3 cm³/mol. The zero-order valence-electron chi connectivity index (χ0n) is 6.30. The lowest BCUT2D eigenvalue weighted by molar-refractivity contribution is 1.10. The molecule has 1 radical (unpaired) electrons. The lowest BCUT2D eigenvalue weighted by Crippen LogP contribution is -1.85. The maximum atomic E-state index is 4.18. The van der Waals surface area contributed by atoms with Crippen LogP contribution in [0.15, 0.2) is 23.2 Å². The molecule has 61 valence electrons. The monoisotopic (exact) mass is 195 g/mol. The van der Waals surface area contributed by atoms with Gasteiger partial charge in [-0.2, -0.15) is 0 Å². The van der Waals surface area contributed by atoms with E-state index in [2.05, 4.69) is 16.4 Å². The molecule has 0 atom stereocenters. The number of nitrogens with zero attached hydrogens (tertiary/aromatic N) is 2. The Hall–Kier alpha value is -0.740. The van der Waals surface area contributed by atoms with E-state index >= 15 is 0 Å². The second-order valence-electron chi connectivity index (χ2n) is 2.20. The minimum Gasteiger partial charge on any atom is -0.250 e. The summed E-state index contributed by atoms with van der Waals surface area (Å²) in [5.74, 6) is 0. The quantitative estimate of drug-likeness (QED) is 0.751. The highest BCUT2D eigenvalue weighted by molar-refractivity contribution is 7.10. The molecule has 0 fully saturated rings. The summed E-state index contributed by atoms with van der Waals surface area (Å²) in [7, 11) is 0. The first-order chi connectivity index (χ1) is 5.95. The van der Waals surface area contributed by atoms with Gasteiger partial charge in [0.1, 0.15) is 0 Å². The van der Waals surface area contributed by atoms with Crippen LogP contribution in [0.4, 0.5) is 0 Å². The van der Waals surface area contributed by atoms with Crippen LogP contribution in [0.2, 0.25) is 0 Å². The molecular formula is C8H7N2S2. The van der Waals surface area contributed by atoms with Crippen LogP contribution in [-0.2, 0) is 6.42 Å². The third kappa shape index (κ3) is 1.89. The molecule has 2 aromatic heterocycles. The average Bonchev–Trinajstić information content (AvgIpc) is 2.74. The van der Waals surface area contributed by atoms with Crippen molar-refractivity contribution in [3.8, 4) is 0 Å². The summed E-state index contributed by atoms with van der Waals surface area (Å²) < 4.78 is 0. The zero-order chi connectivity index (χ0) is 8.23. The Balaban J connectivity index is 1.91. The zero-order valence-corrected chi connectivity index (χ0v) is 7.94. The van der Waals surface area contributed by atoms with Gasteiger partial charge in [-0.1, -0.05) is 0 Å². The van der Waals surface area contributed by atoms with Gasteiger partial charge in [-0.3, -0.25) is 0 Å². The van der Waals surface area contributed by atoms with Gasteiger partial charge < -0.3 is 0 Å². The van der Waals surface area contributed by atoms with Gasteiger partial charge in [0.05, 0.1) is 10.0 Å². The van der Waals surface area contributed by atoms with Gasteiger partial charge in [-0.25, -0.2) is 9.97 Å². The summed E-state index contributed by atoms with van der Waals surface area (Å²) >= 11 is 3.33. The van der Waals surface area contributed by atoms with E-state index < -0.39 is 0 Å². The predicted octanol–water partition coefficient (Wildman–Crippen LogP) is 2.39. The van der Waals surface area contributed by atoms with E-state index in [9.17, 15) is 0 Å². The second-order valence-corrected chi connectivity index (χ2v) is 4.11. The molecule has 0 aliphatic rings. The van der Waals surface area contributed by atoms with Crippen LogP contribution in [0.3, 0.4) is 0 Å². The number of hydrogen-bond donors (Lipinski definition) is 0. The molecule has 0 amide bonds. The summed E-state index contributed by atoms with van der Waals surface area (Å²) in [6.07, 6.45) is 6.64. The van der Waals surface area contributed by atoms with Crippen molar-refractivity contribution in [2.45, 2.75) is 6.42 Å². The Morgan fingerprint density at radius 1 is 1.17 bits per heavy atom. The van der Waals surface area contributed by atoms with Crippen molar-refractivity contribution in [2.24, 2.45) is 0 Å². The van der Waals surface area contributed by atoms with Crippen molar-refractivity contribution >= 4 is 22.7 Å². The molecule has 0 N–H and O–H groups in total. The van der Waals surface area contributed by atoms with Crippen LogP contribution < -0.4 is 0 Å². The normalized spacial score (nSPS) is 10.3. The average molecular weight is 195 g/mol. The summed E-state index contributed by atoms with van der Waals surface area (Å²) in [6.45, 7) is 0. The van der Waals surface area contributed by atoms with Crippen molar-refractivity contribution in [1.29, 1.82) is 0 Å². The van der Waals surface area contributed by atoms with Crippen molar-refractivity contribution in [2.75, 3.05) is 0 Å². The van der Waals surface area contributed by atoms with Crippen LogP contribution >= 0.6 is 22.7 Å². The van der Waals surface area contributed by atoms with Crippen LogP contribution in [0.1, 0.15) is 10.0 Å². The number of aromatic nitrogens is 2. The molecule has 2 nitrogen and oxygen atoms in total. The Kier molecular flexibility index (Phi) is 2.48. The summed E-state index contributed by atoms with van der Waals surface area (Å²) in [5.41, 5.74) is 0. The van der Waals surface area contributed by atoms with Gasteiger partial charge in [0.15, 0.2) is 0 Å². The molecule has 12 heavy (non-hydrogen) atoms. The minimum atomic E-state index is 0.894. The lowest BCUT2D eigenvalue weighted by atomic mass is 10.3. The molecule has 2 heterocycles. The molecule has 0 unspecified atom stereocenters. The fraction of sp³-hybridized carbons (Fsp3) is 0.125. The molecule has 0 aromatic carbocycles. The van der Waals surface area contributed by atoms with E-state index in [1.807, 2.05) is 23.2 Å². The van der Waals surface area contributed by atoms with Gasteiger partial charge in [0.2, 0.25) is 0 Å². The van der Waals surface area contributed by atoms with Gasteiger partial charge >= 0.3 is 0 Å². The highest BCUT2D eigenvalue weighted by atomic mass is 32.1. The molecule has 0 aliphatic carbocycles. The third-order valence-corrected chi connectivity index (χ3v) is 2.96. The smallest absolute Gasteiger partial charge is 0.0967 e. The van der Waals surface area contributed by atoms with E-state index in [1.54, 1.807) is 22.7 Å². The van der Waals surface area contributed by atoms with Crippen molar-refractivity contribution in [1.82, 2.24) is 9.97 Å². The molecule has 0 bridgehead atoms. The van der Waals surface area contributed by atoms with Crippen molar-refractivity contribution in [3.05, 3.63) is 39.6 Å². The van der Waals surface area contributed by atoms with Gasteiger partial charge in [0.25, 0.3) is 0 Å². The first kappa shape index (κ1) is 7.89. The maximum Gasteiger partial charge on any atom is 0.0967 e. The van der Waals surface area contributed by atoms with Crippen LogP contribution in [0.5, 0.6) is 0 Å². The Labute approximate surface area is 78.9 Å². The van der Waals surface area contributed by atoms with E-state index in [-0.39, 0.29) is 0 Å². The summed E-state index contributed by atoms with van der Waals surface area (Å²) in [5, 5.41) is 6.19. The summed E-state index contributed by atoms with van der Waals surface area (Å²) in [4.78, 5) is 8.34. The highest BCUT2D eigenvalue weighted by Crippen LogP contribution is 2.12. The molecule has 2 aromatic rings. The second kappa shape index (κ2) is 3.78. The van der Waals surface area contributed by atoms with Crippen molar-refractivity contribution < 1.29 is 0 Å². The van der Waals surface area contributed by atoms with Gasteiger partial charge in [-0.05, 0) is 0 Å². The number of rotatable bonds is 3. The van der Waals surface area contributed by atoms with Crippen molar-refractivity contribution in [3.63, 3.8) is 0 Å². The summed E-state index contributed by atoms with van der Waals surface area (Å²) in [6, 6.07) is 0. The minimum absolute atomic E-state index is 0.894. The number of thiazole rings is 2. The largest absolute Gasteiger partial charge is 0.250 e. The highest BCUT2D eigenvalue weighted by Gasteiger charge is 1.99.